The van der Waals surface area contributed by atoms with Crippen LogP contribution in [0.4, 0.5) is 11.9 Å². The predicted octanol–water partition coefficient (Wildman–Crippen LogP) is -0.836. The molecule has 0 atom stereocenters. The van der Waals surface area contributed by atoms with Gasteiger partial charge in [0.15, 0.2) is 0 Å². The van der Waals surface area contributed by atoms with Crippen molar-refractivity contribution in [2.45, 2.75) is 0 Å². The molecular weight excluding hydrogens is 260 g/mol. The van der Waals surface area contributed by atoms with Crippen molar-refractivity contribution in [3.8, 4) is 5.95 Å². The maximum absolute atomic E-state index is 11.7. The van der Waals surface area contributed by atoms with E-state index in [0.717, 1.165) is 0 Å². The lowest BCUT2D eigenvalue weighted by Crippen LogP contribution is -2.35. The molecule has 9 nitrogen and oxygen atoms in total. The summed E-state index contributed by atoms with van der Waals surface area (Å²) in [5.74, 6) is 0.636. The number of nitrogens with zero attached hydrogens (tertiary/aromatic N) is 7. The van der Waals surface area contributed by atoms with Crippen LogP contribution in [0.2, 0.25) is 0 Å². The van der Waals surface area contributed by atoms with Crippen molar-refractivity contribution in [3.63, 3.8) is 0 Å². The number of carbonyl (C=O) groups excluding carboxylic acids is 1. The molecule has 0 bridgehead atoms. The van der Waals surface area contributed by atoms with Gasteiger partial charge in [-0.3, -0.25) is 4.79 Å². The smallest absolute Gasteiger partial charge is 0.257 e. The van der Waals surface area contributed by atoms with Gasteiger partial charge in [-0.05, 0) is 6.07 Å². The lowest BCUT2D eigenvalue weighted by atomic mass is 10.5. The van der Waals surface area contributed by atoms with Gasteiger partial charge in [-0.2, -0.15) is 20.1 Å². The Bertz CT molecular complexity index is 594. The van der Waals surface area contributed by atoms with E-state index in [9.17, 15) is 4.79 Å². The van der Waals surface area contributed by atoms with Crippen molar-refractivity contribution in [1.82, 2.24) is 29.6 Å². The molecule has 0 aliphatic rings. The Morgan fingerprint density at radius 1 is 1.30 bits per heavy atom. The summed E-state index contributed by atoms with van der Waals surface area (Å²) in [6, 6.07) is 1.75. The summed E-state index contributed by atoms with van der Waals surface area (Å²) >= 11 is 0. The van der Waals surface area contributed by atoms with Crippen LogP contribution < -0.4 is 10.6 Å². The fourth-order valence-corrected chi connectivity index (χ4v) is 1.44. The fourth-order valence-electron chi connectivity index (χ4n) is 1.44. The quantitative estimate of drug-likeness (QED) is 0.776. The van der Waals surface area contributed by atoms with Crippen molar-refractivity contribution < 1.29 is 4.79 Å². The van der Waals surface area contributed by atoms with Gasteiger partial charge in [0.05, 0.1) is 6.54 Å². The number of anilines is 2. The van der Waals surface area contributed by atoms with Crippen LogP contribution in [0, 0.1) is 0 Å². The zero-order chi connectivity index (χ0) is 14.7. The van der Waals surface area contributed by atoms with E-state index in [2.05, 4.69) is 20.1 Å². The van der Waals surface area contributed by atoms with Crippen LogP contribution in [0.1, 0.15) is 0 Å². The first-order chi connectivity index (χ1) is 9.47. The van der Waals surface area contributed by atoms with Gasteiger partial charge in [-0.25, -0.2) is 4.68 Å². The van der Waals surface area contributed by atoms with Gasteiger partial charge >= 0.3 is 0 Å². The van der Waals surface area contributed by atoms with E-state index >= 15 is 0 Å². The number of hydrogen-bond donors (Lipinski definition) is 1. The first-order valence-corrected chi connectivity index (χ1v) is 5.90. The summed E-state index contributed by atoms with van der Waals surface area (Å²) in [4.78, 5) is 27.1. The molecule has 0 fully saturated rings. The molecule has 0 saturated carbocycles. The Kier molecular flexibility index (Phi) is 3.78. The first-order valence-electron chi connectivity index (χ1n) is 5.90. The maximum atomic E-state index is 11.7. The minimum Gasteiger partial charge on any atom is -0.368 e. The van der Waals surface area contributed by atoms with Crippen molar-refractivity contribution in [1.29, 1.82) is 0 Å². The average molecular weight is 276 g/mol. The largest absolute Gasteiger partial charge is 0.368 e. The van der Waals surface area contributed by atoms with E-state index in [1.54, 1.807) is 44.5 Å². The highest BCUT2D eigenvalue weighted by atomic mass is 16.2. The highest BCUT2D eigenvalue weighted by Crippen LogP contribution is 2.09. The van der Waals surface area contributed by atoms with Gasteiger partial charge < -0.3 is 15.5 Å². The van der Waals surface area contributed by atoms with E-state index in [1.807, 2.05) is 0 Å². The number of nitrogen functional groups attached to an aromatic ring is 1. The van der Waals surface area contributed by atoms with E-state index in [-0.39, 0.29) is 18.4 Å². The number of likely N-dealkylation sites (N-methyl/N-ethyl adjacent to an activating group) is 2. The summed E-state index contributed by atoms with van der Waals surface area (Å²) in [5, 5.41) is 4.03. The van der Waals surface area contributed by atoms with Crippen LogP contribution >= 0.6 is 0 Å². The van der Waals surface area contributed by atoms with Gasteiger partial charge in [0, 0.05) is 33.5 Å². The first kappa shape index (κ1) is 13.7. The summed E-state index contributed by atoms with van der Waals surface area (Å²) < 4.78 is 1.48. The van der Waals surface area contributed by atoms with Crippen molar-refractivity contribution >= 4 is 17.8 Å². The number of nitrogens with two attached hydrogens (primary N) is 1. The molecule has 2 rings (SSSR count). The molecule has 2 aromatic heterocycles. The second-order valence-electron chi connectivity index (χ2n) is 4.39. The Morgan fingerprint density at radius 2 is 2.05 bits per heavy atom. The lowest BCUT2D eigenvalue weighted by Gasteiger charge is -2.19. The van der Waals surface area contributed by atoms with Crippen molar-refractivity contribution in [3.05, 3.63) is 18.5 Å². The van der Waals surface area contributed by atoms with Crippen LogP contribution in [-0.4, -0.2) is 63.2 Å². The Hall–Kier alpha value is -2.71. The van der Waals surface area contributed by atoms with Crippen LogP contribution in [0.5, 0.6) is 0 Å². The fraction of sp³-hybridized carbons (Fsp3) is 0.364. The van der Waals surface area contributed by atoms with Crippen molar-refractivity contribution in [2.75, 3.05) is 38.3 Å². The zero-order valence-electron chi connectivity index (χ0n) is 11.6. The van der Waals surface area contributed by atoms with Crippen LogP contribution in [0.3, 0.4) is 0 Å². The van der Waals surface area contributed by atoms with E-state index in [1.165, 1.54) is 9.58 Å². The lowest BCUT2D eigenvalue weighted by molar-refractivity contribution is -0.127. The number of carbonyl (C=O) groups is 1. The van der Waals surface area contributed by atoms with Crippen LogP contribution in [-0.2, 0) is 4.79 Å². The number of rotatable bonds is 4. The van der Waals surface area contributed by atoms with Gasteiger partial charge in [0.1, 0.15) is 0 Å². The van der Waals surface area contributed by atoms with Gasteiger partial charge in [0.2, 0.25) is 17.8 Å². The molecule has 9 heteroatoms. The molecule has 0 spiro atoms. The van der Waals surface area contributed by atoms with E-state index in [4.69, 9.17) is 5.73 Å². The van der Waals surface area contributed by atoms with Crippen LogP contribution in [0.15, 0.2) is 18.5 Å². The summed E-state index contributed by atoms with van der Waals surface area (Å²) in [6.07, 6.45) is 3.31. The Balaban J connectivity index is 2.26. The minimum absolute atomic E-state index is 0.0628. The summed E-state index contributed by atoms with van der Waals surface area (Å²) in [7, 11) is 5.09. The second-order valence-corrected chi connectivity index (χ2v) is 4.39. The molecule has 0 aliphatic carbocycles. The molecule has 20 heavy (non-hydrogen) atoms. The molecule has 0 radical (unpaired) electrons. The number of hydrogen-bond acceptors (Lipinski definition) is 7. The third-order valence-electron chi connectivity index (χ3n) is 2.55. The minimum atomic E-state index is -0.0628. The molecule has 2 heterocycles. The maximum Gasteiger partial charge on any atom is 0.257 e. The topological polar surface area (TPSA) is 106 Å². The SMILES string of the molecule is CN(C)C(=O)CN(C)c1nc(N)nc(-n2cccn2)n1. The Labute approximate surface area is 116 Å². The molecule has 106 valence electrons. The standard InChI is InChI=1S/C11H16N8O/c1-17(2)8(20)7-18(3)10-14-9(12)15-11(16-10)19-6-4-5-13-19/h4-6H,7H2,1-3H3,(H2,12,14,15,16). The third-order valence-corrected chi connectivity index (χ3v) is 2.55. The van der Waals surface area contributed by atoms with Gasteiger partial charge in [0.25, 0.3) is 5.95 Å². The highest BCUT2D eigenvalue weighted by molar-refractivity contribution is 5.80. The average Bonchev–Trinajstić information content (AvgIpc) is 2.91. The van der Waals surface area contributed by atoms with E-state index < -0.39 is 0 Å². The van der Waals surface area contributed by atoms with Crippen LogP contribution in [0.25, 0.3) is 5.95 Å². The molecule has 0 aromatic carbocycles. The van der Waals surface area contributed by atoms with Gasteiger partial charge in [-0.1, -0.05) is 0 Å². The second kappa shape index (κ2) is 5.51. The summed E-state index contributed by atoms with van der Waals surface area (Å²) in [6.45, 7) is 0.148. The third kappa shape index (κ3) is 2.99. The number of aromatic nitrogens is 5. The predicted molar refractivity (Wildman–Crippen MR) is 73.3 cm³/mol. The van der Waals surface area contributed by atoms with Gasteiger partial charge in [-0.15, -0.1) is 0 Å². The normalized spacial score (nSPS) is 10.3. The monoisotopic (exact) mass is 276 g/mol. The molecule has 0 saturated heterocycles. The molecule has 0 aliphatic heterocycles. The molecule has 2 N–H and O–H groups in total. The Morgan fingerprint density at radius 3 is 2.65 bits per heavy atom. The highest BCUT2D eigenvalue weighted by Gasteiger charge is 2.14. The zero-order valence-corrected chi connectivity index (χ0v) is 11.6. The van der Waals surface area contributed by atoms with Crippen molar-refractivity contribution in [2.24, 2.45) is 0 Å². The molecule has 1 amide bonds. The molecular formula is C11H16N8O. The summed E-state index contributed by atoms with van der Waals surface area (Å²) in [5.41, 5.74) is 5.67. The molecule has 0 unspecified atom stereocenters. The van der Waals surface area contributed by atoms with E-state index in [0.29, 0.717) is 11.9 Å². The number of amides is 1. The molecule has 2 aromatic rings.